The second kappa shape index (κ2) is 7.51. The molecular formula is C19H17F3N4O2S. The van der Waals surface area contributed by atoms with Crippen molar-refractivity contribution in [2.45, 2.75) is 24.2 Å². The first kappa shape index (κ1) is 19.4. The minimum atomic E-state index is -4.42. The lowest BCUT2D eigenvalue weighted by Gasteiger charge is -2.18. The van der Waals surface area contributed by atoms with Crippen molar-refractivity contribution in [1.29, 1.82) is 0 Å². The van der Waals surface area contributed by atoms with Crippen molar-refractivity contribution in [3.8, 4) is 11.4 Å². The van der Waals surface area contributed by atoms with Crippen molar-refractivity contribution < 1.29 is 22.1 Å². The fourth-order valence-corrected chi connectivity index (χ4v) is 3.62. The highest BCUT2D eigenvalue weighted by Gasteiger charge is 2.30. The van der Waals surface area contributed by atoms with Crippen LogP contribution in [0.15, 0.2) is 53.7 Å². The van der Waals surface area contributed by atoms with Crippen LogP contribution in [0.2, 0.25) is 0 Å². The van der Waals surface area contributed by atoms with Crippen molar-refractivity contribution >= 4 is 16.6 Å². The Labute approximate surface area is 167 Å². The maximum absolute atomic E-state index is 12.6. The van der Waals surface area contributed by atoms with E-state index in [0.29, 0.717) is 23.7 Å². The van der Waals surface area contributed by atoms with Gasteiger partial charge in [-0.3, -0.25) is 4.21 Å². The molecule has 0 spiro atoms. The van der Waals surface area contributed by atoms with Crippen molar-refractivity contribution in [1.82, 2.24) is 14.8 Å². The topological polar surface area (TPSA) is 60.2 Å². The zero-order valence-corrected chi connectivity index (χ0v) is 16.2. The highest BCUT2D eigenvalue weighted by molar-refractivity contribution is 7.84. The summed E-state index contributed by atoms with van der Waals surface area (Å²) in [7, 11) is -1.10. The number of alkyl halides is 3. The number of hydrogen-bond acceptors (Lipinski definition) is 5. The SMILES string of the molecule is CS(=O)c1ccc(N2Cc3cnn(-c4ccccc4OCC(F)(F)F)c3C2)nc1. The van der Waals surface area contributed by atoms with Gasteiger partial charge in [0.15, 0.2) is 6.61 Å². The second-order valence-corrected chi connectivity index (χ2v) is 7.94. The molecule has 0 radical (unpaired) electrons. The largest absolute Gasteiger partial charge is 0.482 e. The molecule has 0 saturated heterocycles. The Kier molecular flexibility index (Phi) is 5.03. The highest BCUT2D eigenvalue weighted by Crippen LogP contribution is 2.32. The lowest BCUT2D eigenvalue weighted by Crippen LogP contribution is -2.20. The number of nitrogens with zero attached hydrogens (tertiary/aromatic N) is 4. The molecule has 29 heavy (non-hydrogen) atoms. The van der Waals surface area contributed by atoms with E-state index in [1.165, 1.54) is 6.07 Å². The fraction of sp³-hybridized carbons (Fsp3) is 0.263. The van der Waals surface area contributed by atoms with E-state index in [1.54, 1.807) is 53.7 Å². The highest BCUT2D eigenvalue weighted by atomic mass is 32.2. The van der Waals surface area contributed by atoms with E-state index in [4.69, 9.17) is 4.74 Å². The van der Waals surface area contributed by atoms with E-state index in [2.05, 4.69) is 10.1 Å². The van der Waals surface area contributed by atoms with Crippen LogP contribution in [0.3, 0.4) is 0 Å². The number of benzene rings is 1. The Balaban J connectivity index is 1.59. The molecule has 2 aromatic heterocycles. The minimum Gasteiger partial charge on any atom is -0.482 e. The predicted molar refractivity (Wildman–Crippen MR) is 102 cm³/mol. The third-order valence-corrected chi connectivity index (χ3v) is 5.42. The quantitative estimate of drug-likeness (QED) is 0.630. The fourth-order valence-electron chi connectivity index (χ4n) is 3.16. The molecule has 4 rings (SSSR count). The summed E-state index contributed by atoms with van der Waals surface area (Å²) in [5.74, 6) is 0.839. The molecule has 0 N–H and O–H groups in total. The number of para-hydroxylation sites is 2. The van der Waals surface area contributed by atoms with Gasteiger partial charge in [0.05, 0.1) is 34.1 Å². The van der Waals surface area contributed by atoms with Crippen LogP contribution in [0.4, 0.5) is 19.0 Å². The molecule has 0 fully saturated rings. The molecule has 10 heteroatoms. The summed E-state index contributed by atoms with van der Waals surface area (Å²) in [6.45, 7) is -0.304. The molecule has 1 aliphatic rings. The molecule has 1 unspecified atom stereocenters. The number of halogens is 3. The smallest absolute Gasteiger partial charge is 0.422 e. The van der Waals surface area contributed by atoms with Crippen LogP contribution in [0, 0.1) is 0 Å². The molecule has 1 aliphatic heterocycles. The van der Waals surface area contributed by atoms with Gasteiger partial charge in [-0.25, -0.2) is 9.67 Å². The van der Waals surface area contributed by atoms with E-state index in [9.17, 15) is 17.4 Å². The van der Waals surface area contributed by atoms with Crippen molar-refractivity contribution in [3.63, 3.8) is 0 Å². The third-order valence-electron chi connectivity index (χ3n) is 4.52. The lowest BCUT2D eigenvalue weighted by atomic mass is 10.2. The number of ether oxygens (including phenoxy) is 1. The first-order valence-electron chi connectivity index (χ1n) is 8.71. The van der Waals surface area contributed by atoms with Crippen LogP contribution in [0.1, 0.15) is 11.3 Å². The molecule has 1 aromatic carbocycles. The standard InChI is InChI=1S/C19H17F3N4O2S/c1-29(27)14-6-7-18(23-9-14)25-10-13-8-24-26(16(13)11-25)15-4-2-3-5-17(15)28-12-19(20,21)22/h2-9H,10-12H2,1H3. The first-order valence-corrected chi connectivity index (χ1v) is 10.3. The summed E-state index contributed by atoms with van der Waals surface area (Å²) in [6, 6.07) is 10.1. The zero-order chi connectivity index (χ0) is 20.6. The Bertz CT molecular complexity index is 1050. The zero-order valence-electron chi connectivity index (χ0n) is 15.4. The molecule has 152 valence electrons. The number of rotatable bonds is 5. The summed E-state index contributed by atoms with van der Waals surface area (Å²) in [5.41, 5.74) is 2.27. The Morgan fingerprint density at radius 1 is 1.14 bits per heavy atom. The summed E-state index contributed by atoms with van der Waals surface area (Å²) >= 11 is 0. The number of hydrogen-bond donors (Lipinski definition) is 0. The molecule has 1 atom stereocenters. The second-order valence-electron chi connectivity index (χ2n) is 6.56. The molecule has 3 heterocycles. The van der Waals surface area contributed by atoms with E-state index in [-0.39, 0.29) is 5.75 Å². The Morgan fingerprint density at radius 3 is 2.62 bits per heavy atom. The first-order chi connectivity index (χ1) is 13.8. The average Bonchev–Trinajstić information content (AvgIpc) is 3.27. The average molecular weight is 422 g/mol. The molecule has 0 amide bonds. The summed E-state index contributed by atoms with van der Waals surface area (Å²) < 4.78 is 55.8. The minimum absolute atomic E-state index is 0.113. The van der Waals surface area contributed by atoms with Gasteiger partial charge in [-0.15, -0.1) is 0 Å². The van der Waals surface area contributed by atoms with Gasteiger partial charge < -0.3 is 9.64 Å². The molecule has 0 saturated carbocycles. The van der Waals surface area contributed by atoms with Gasteiger partial charge in [-0.05, 0) is 24.3 Å². The van der Waals surface area contributed by atoms with Crippen molar-refractivity contribution in [2.24, 2.45) is 0 Å². The van der Waals surface area contributed by atoms with Crippen LogP contribution in [-0.2, 0) is 23.9 Å². The van der Waals surface area contributed by atoms with Crippen molar-refractivity contribution in [2.75, 3.05) is 17.8 Å². The number of fused-ring (bicyclic) bond motifs is 1. The van der Waals surface area contributed by atoms with E-state index >= 15 is 0 Å². The Hall–Kier alpha value is -2.88. The van der Waals surface area contributed by atoms with Gasteiger partial charge in [-0.2, -0.15) is 18.3 Å². The summed E-state index contributed by atoms with van der Waals surface area (Å²) in [5, 5.41) is 4.35. The van der Waals surface area contributed by atoms with Gasteiger partial charge in [0.2, 0.25) is 0 Å². The van der Waals surface area contributed by atoms with Crippen molar-refractivity contribution in [3.05, 3.63) is 60.0 Å². The van der Waals surface area contributed by atoms with E-state index in [0.717, 1.165) is 17.1 Å². The Morgan fingerprint density at radius 2 is 1.93 bits per heavy atom. The van der Waals surface area contributed by atoms with Gasteiger partial charge in [0.25, 0.3) is 0 Å². The summed E-state index contributed by atoms with van der Waals surface area (Å²) in [4.78, 5) is 7.04. The monoisotopic (exact) mass is 422 g/mol. The number of anilines is 1. The van der Waals surface area contributed by atoms with Crippen LogP contribution in [0.5, 0.6) is 5.75 Å². The predicted octanol–water partition coefficient (Wildman–Crippen LogP) is 3.47. The molecular weight excluding hydrogens is 405 g/mol. The molecule has 6 nitrogen and oxygen atoms in total. The molecule has 0 aliphatic carbocycles. The number of pyridine rings is 1. The van der Waals surface area contributed by atoms with Gasteiger partial charge in [0.1, 0.15) is 17.3 Å². The van der Waals surface area contributed by atoms with Gasteiger partial charge in [-0.1, -0.05) is 12.1 Å². The normalized spacial score (nSPS) is 14.7. The third kappa shape index (κ3) is 4.12. The van der Waals surface area contributed by atoms with Crippen LogP contribution in [-0.4, -0.2) is 38.0 Å². The van der Waals surface area contributed by atoms with E-state index < -0.39 is 23.6 Å². The lowest BCUT2D eigenvalue weighted by molar-refractivity contribution is -0.153. The maximum atomic E-state index is 12.6. The summed E-state index contributed by atoms with van der Waals surface area (Å²) in [6.07, 6.45) is 0.456. The number of aromatic nitrogens is 3. The molecule has 3 aromatic rings. The van der Waals surface area contributed by atoms with Gasteiger partial charge >= 0.3 is 6.18 Å². The van der Waals surface area contributed by atoms with Gasteiger partial charge in [0, 0.05) is 24.6 Å². The van der Waals surface area contributed by atoms with E-state index in [1.807, 2.05) is 4.90 Å². The van der Waals surface area contributed by atoms with Crippen LogP contribution >= 0.6 is 0 Å². The van der Waals surface area contributed by atoms with Crippen LogP contribution < -0.4 is 9.64 Å². The molecule has 0 bridgehead atoms. The maximum Gasteiger partial charge on any atom is 0.422 e. The van der Waals surface area contributed by atoms with Crippen LogP contribution in [0.25, 0.3) is 5.69 Å².